The number of nitrogens with zero attached hydrogens (tertiary/aromatic N) is 6. The Morgan fingerprint density at radius 3 is 2.87 bits per heavy atom. The van der Waals surface area contributed by atoms with E-state index in [4.69, 9.17) is 6.11 Å². The molecule has 0 amide bonds. The Morgan fingerprint density at radius 1 is 1.43 bits per heavy atom. The number of hydrogen-bond donors (Lipinski definition) is 0. The van der Waals surface area contributed by atoms with Crippen molar-refractivity contribution in [3.8, 4) is 10.9 Å². The number of thiazole rings is 1. The van der Waals surface area contributed by atoms with Gasteiger partial charge in [-0.2, -0.15) is 9.36 Å². The van der Waals surface area contributed by atoms with Gasteiger partial charge in [0.2, 0.25) is 0 Å². The molecule has 0 spiro atoms. The number of ether oxygens (including phenoxy) is 1. The fourth-order valence-electron chi connectivity index (χ4n) is 2.74. The van der Waals surface area contributed by atoms with Crippen molar-refractivity contribution in [2.24, 2.45) is 14.1 Å². The van der Waals surface area contributed by atoms with Crippen LogP contribution in [0.3, 0.4) is 0 Å². The van der Waals surface area contributed by atoms with Gasteiger partial charge in [0.1, 0.15) is 6.61 Å². The summed E-state index contributed by atoms with van der Waals surface area (Å²) in [4.78, 5) is 16.2. The highest BCUT2D eigenvalue weighted by molar-refractivity contribution is 7.11. The first kappa shape index (κ1) is 13.1. The van der Waals surface area contributed by atoms with Crippen LogP contribution in [0.1, 0.15) is 31.4 Å². The Bertz CT molecular complexity index is 951. The van der Waals surface area contributed by atoms with Crippen molar-refractivity contribution in [1.29, 1.82) is 0 Å². The Morgan fingerprint density at radius 2 is 2.26 bits per heavy atom. The van der Waals surface area contributed by atoms with E-state index < -0.39 is 0 Å². The van der Waals surface area contributed by atoms with Gasteiger partial charge in [-0.15, -0.1) is 0 Å². The van der Waals surface area contributed by atoms with Gasteiger partial charge in [-0.1, -0.05) is 11.3 Å². The van der Waals surface area contributed by atoms with Gasteiger partial charge in [0.05, 0.1) is 7.06 Å². The quantitative estimate of drug-likeness (QED) is 0.701. The lowest BCUT2D eigenvalue weighted by Gasteiger charge is -2.08. The van der Waals surface area contributed by atoms with Crippen molar-refractivity contribution in [2.75, 3.05) is 0 Å². The highest BCUT2D eigenvalue weighted by Crippen LogP contribution is 2.43. The maximum absolute atomic E-state index is 12.2. The van der Waals surface area contributed by atoms with Crippen LogP contribution in [0.15, 0.2) is 22.5 Å². The molecule has 0 saturated heterocycles. The van der Waals surface area contributed by atoms with Crippen molar-refractivity contribution in [3.63, 3.8) is 0 Å². The molecule has 0 radical (unpaired) electrons. The second kappa shape index (κ2) is 5.34. The zero-order valence-corrected chi connectivity index (χ0v) is 13.6. The third-order valence-electron chi connectivity index (χ3n) is 3.94. The van der Waals surface area contributed by atoms with Crippen molar-refractivity contribution in [1.82, 2.24) is 29.3 Å². The van der Waals surface area contributed by atoms with Crippen LogP contribution in [0.5, 0.6) is 5.19 Å². The molecule has 1 aliphatic rings. The lowest BCUT2D eigenvalue weighted by Crippen LogP contribution is -2.22. The van der Waals surface area contributed by atoms with Crippen molar-refractivity contribution >= 4 is 11.3 Å². The number of aromatic nitrogens is 6. The highest BCUT2D eigenvalue weighted by atomic mass is 32.1. The summed E-state index contributed by atoms with van der Waals surface area (Å²) in [6.07, 6.45) is 4.35. The van der Waals surface area contributed by atoms with Crippen LogP contribution in [0, 0.1) is 0 Å². The van der Waals surface area contributed by atoms with Crippen LogP contribution >= 0.6 is 11.3 Å². The Kier molecular flexibility index (Phi) is 3.03. The molecule has 0 unspecified atom stereocenters. The van der Waals surface area contributed by atoms with Gasteiger partial charge in [-0.05, 0) is 29.2 Å². The molecule has 3 heterocycles. The van der Waals surface area contributed by atoms with Crippen LogP contribution in [0.2, 0.25) is 0 Å². The molecule has 3 aromatic heterocycles. The fraction of sp³-hybridized carbons (Fsp3) is 0.429. The molecule has 1 aliphatic carbocycles. The van der Waals surface area contributed by atoms with Crippen molar-refractivity contribution in [3.05, 3.63) is 39.5 Å². The first-order valence-corrected chi connectivity index (χ1v) is 8.15. The molecule has 0 aromatic carbocycles. The van der Waals surface area contributed by atoms with E-state index in [1.54, 1.807) is 12.4 Å². The predicted octanol–water partition coefficient (Wildman–Crippen LogP) is 1.22. The molecule has 4 rings (SSSR count). The van der Waals surface area contributed by atoms with E-state index in [0.717, 1.165) is 24.1 Å². The van der Waals surface area contributed by atoms with Gasteiger partial charge in [0.15, 0.2) is 0 Å². The standard InChI is InChI=1S/C14H16N6O2S/c1-18-7-11(20-14(21)19(2)16-17-20)10(12(18)9-3-4-9)8-22-13-15-5-6-23-13/h5-7,9H,3-4,8H2,1-2H3/i5T. The summed E-state index contributed by atoms with van der Waals surface area (Å²) in [5.74, 6) is 0.484. The molecule has 0 aliphatic heterocycles. The predicted molar refractivity (Wildman–Crippen MR) is 84.0 cm³/mol. The Balaban J connectivity index is 1.75. The lowest BCUT2D eigenvalue weighted by molar-refractivity contribution is 0.302. The number of rotatable bonds is 5. The van der Waals surface area contributed by atoms with E-state index in [2.05, 4.69) is 15.4 Å². The van der Waals surface area contributed by atoms with E-state index in [-0.39, 0.29) is 18.5 Å². The lowest BCUT2D eigenvalue weighted by atomic mass is 10.1. The van der Waals surface area contributed by atoms with E-state index >= 15 is 0 Å². The largest absolute Gasteiger partial charge is 0.465 e. The molecule has 1 saturated carbocycles. The number of tetrazole rings is 1. The molecule has 9 heteroatoms. The van der Waals surface area contributed by atoms with E-state index in [0.29, 0.717) is 16.8 Å². The van der Waals surface area contributed by atoms with Crippen LogP contribution < -0.4 is 10.4 Å². The third kappa shape index (κ3) is 2.46. The minimum atomic E-state index is -0.299. The summed E-state index contributed by atoms with van der Waals surface area (Å²) in [5, 5.41) is 9.80. The summed E-state index contributed by atoms with van der Waals surface area (Å²) in [7, 11) is 3.53. The van der Waals surface area contributed by atoms with Crippen LogP contribution in [0.25, 0.3) is 5.69 Å². The average molecular weight is 334 g/mol. The number of hydrogen-bond acceptors (Lipinski definition) is 6. The summed E-state index contributed by atoms with van der Waals surface area (Å²) in [6.45, 7) is 0.276. The average Bonchev–Trinajstić information content (AvgIpc) is 3.10. The summed E-state index contributed by atoms with van der Waals surface area (Å²) in [6, 6.07) is 0. The van der Waals surface area contributed by atoms with Crippen LogP contribution in [0.4, 0.5) is 0 Å². The SMILES string of the molecule is [3H]c1csc(OCc2c(-n3nnn(C)c3=O)cn(C)c2C2CC2)n1. The minimum Gasteiger partial charge on any atom is -0.465 e. The molecule has 8 nitrogen and oxygen atoms in total. The van der Waals surface area contributed by atoms with E-state index in [9.17, 15) is 4.79 Å². The minimum absolute atomic E-state index is 0.191. The Labute approximate surface area is 137 Å². The monoisotopic (exact) mass is 334 g/mol. The first-order chi connectivity index (χ1) is 11.5. The maximum atomic E-state index is 12.2. The molecular weight excluding hydrogens is 316 g/mol. The fourth-order valence-corrected chi connectivity index (χ4v) is 3.18. The molecule has 0 N–H and O–H groups in total. The van der Waals surface area contributed by atoms with Gasteiger partial charge in [-0.3, -0.25) is 0 Å². The van der Waals surface area contributed by atoms with Crippen molar-refractivity contribution < 1.29 is 6.11 Å². The normalized spacial score (nSPS) is 15.0. The van der Waals surface area contributed by atoms with Gasteiger partial charge >= 0.3 is 5.69 Å². The second-order valence-electron chi connectivity index (χ2n) is 5.59. The second-order valence-corrected chi connectivity index (χ2v) is 6.41. The smallest absolute Gasteiger partial charge is 0.368 e. The zero-order chi connectivity index (χ0) is 16.8. The molecule has 23 heavy (non-hydrogen) atoms. The maximum Gasteiger partial charge on any atom is 0.368 e. The van der Waals surface area contributed by atoms with E-state index in [1.807, 2.05) is 17.8 Å². The van der Waals surface area contributed by atoms with Crippen LogP contribution in [-0.2, 0) is 20.7 Å². The Hall–Kier alpha value is -2.42. The topological polar surface area (TPSA) is 79.8 Å². The summed E-state index contributed by atoms with van der Waals surface area (Å²) >= 11 is 1.29. The summed E-state index contributed by atoms with van der Waals surface area (Å²) < 4.78 is 17.8. The van der Waals surface area contributed by atoms with Gasteiger partial charge in [-0.25, -0.2) is 9.78 Å². The van der Waals surface area contributed by atoms with Gasteiger partial charge < -0.3 is 9.30 Å². The van der Waals surface area contributed by atoms with Crippen molar-refractivity contribution in [2.45, 2.75) is 25.4 Å². The van der Waals surface area contributed by atoms with Gasteiger partial charge in [0, 0.05) is 43.1 Å². The molecule has 1 fully saturated rings. The zero-order valence-electron chi connectivity index (χ0n) is 13.8. The summed E-state index contributed by atoms with van der Waals surface area (Å²) in [5.41, 5.74) is 2.46. The third-order valence-corrected chi connectivity index (χ3v) is 4.57. The first-order valence-electron chi connectivity index (χ1n) is 7.77. The molecule has 0 atom stereocenters. The molecular formula is C14H16N6O2S. The van der Waals surface area contributed by atoms with E-state index in [1.165, 1.54) is 20.7 Å². The highest BCUT2D eigenvalue weighted by Gasteiger charge is 2.32. The molecule has 120 valence electrons. The van der Waals surface area contributed by atoms with Gasteiger partial charge in [0.25, 0.3) is 5.19 Å². The molecule has 3 aromatic rings. The van der Waals surface area contributed by atoms with Crippen LogP contribution in [-0.4, -0.2) is 29.3 Å². The number of aryl methyl sites for hydroxylation is 2. The molecule has 0 bridgehead atoms.